The van der Waals surface area contributed by atoms with Crippen LogP contribution in [-0.4, -0.2) is 0 Å². The van der Waals surface area contributed by atoms with Crippen molar-refractivity contribution in [3.8, 4) is 44.5 Å². The lowest BCUT2D eigenvalue weighted by atomic mass is 9.82. The van der Waals surface area contributed by atoms with E-state index in [4.69, 9.17) is 4.42 Å². The minimum atomic E-state index is -0.111. The number of hydrogen-bond donors (Lipinski definition) is 0. The molecule has 0 saturated carbocycles. The molecule has 0 N–H and O–H groups in total. The van der Waals surface area contributed by atoms with Crippen molar-refractivity contribution in [2.24, 2.45) is 0 Å². The second-order valence-electron chi connectivity index (χ2n) is 14.5. The summed E-state index contributed by atoms with van der Waals surface area (Å²) in [5.41, 5.74) is 17.0. The lowest BCUT2D eigenvalue weighted by Crippen LogP contribution is -2.14. The maximum Gasteiger partial charge on any atom is 0.159 e. The van der Waals surface area contributed by atoms with Gasteiger partial charge in [0.1, 0.15) is 5.58 Å². The van der Waals surface area contributed by atoms with Crippen LogP contribution < -0.4 is 4.90 Å². The van der Waals surface area contributed by atoms with Crippen LogP contribution in [0.25, 0.3) is 66.4 Å². The quantitative estimate of drug-likeness (QED) is 0.174. The Hall–Kier alpha value is -6.64. The minimum Gasteiger partial charge on any atom is -0.453 e. The molecule has 1 aromatic heterocycles. The lowest BCUT2D eigenvalue weighted by Gasteiger charge is -2.27. The Morgan fingerprint density at radius 1 is 0.396 bits per heavy atom. The van der Waals surface area contributed by atoms with Gasteiger partial charge in [0.25, 0.3) is 0 Å². The van der Waals surface area contributed by atoms with Crippen molar-refractivity contribution < 1.29 is 4.42 Å². The molecule has 0 aliphatic heterocycles. The van der Waals surface area contributed by atoms with Crippen LogP contribution in [0, 0.1) is 0 Å². The number of anilines is 3. The summed E-state index contributed by atoms with van der Waals surface area (Å²) in [6, 6.07) is 67.7. The third-order valence-electron chi connectivity index (χ3n) is 11.1. The third kappa shape index (κ3) is 5.10. The highest BCUT2D eigenvalue weighted by Crippen LogP contribution is 2.53. The van der Waals surface area contributed by atoms with Crippen LogP contribution in [0.5, 0.6) is 0 Å². The molecule has 0 spiro atoms. The summed E-state index contributed by atoms with van der Waals surface area (Å²) in [5, 5.41) is 2.24. The summed E-state index contributed by atoms with van der Waals surface area (Å²) in [6.07, 6.45) is 0. The summed E-state index contributed by atoms with van der Waals surface area (Å²) in [5.74, 6) is 0. The van der Waals surface area contributed by atoms with Crippen LogP contribution in [-0.2, 0) is 5.41 Å². The van der Waals surface area contributed by atoms with Crippen LogP contribution in [0.4, 0.5) is 17.1 Å². The Kier molecular flexibility index (Phi) is 7.19. The molecule has 0 unspecified atom stereocenters. The predicted molar refractivity (Wildman–Crippen MR) is 222 cm³/mol. The van der Waals surface area contributed by atoms with E-state index in [0.29, 0.717) is 0 Å². The van der Waals surface area contributed by atoms with Crippen molar-refractivity contribution in [1.82, 2.24) is 0 Å². The fourth-order valence-electron chi connectivity index (χ4n) is 8.40. The molecule has 0 saturated heterocycles. The molecule has 0 atom stereocenters. The van der Waals surface area contributed by atoms with Gasteiger partial charge in [-0.15, -0.1) is 0 Å². The van der Waals surface area contributed by atoms with E-state index in [1.54, 1.807) is 0 Å². The van der Waals surface area contributed by atoms with Crippen molar-refractivity contribution in [2.75, 3.05) is 4.90 Å². The topological polar surface area (TPSA) is 16.4 Å². The fraction of sp³-hybridized carbons (Fsp3) is 0.0588. The lowest BCUT2D eigenvalue weighted by molar-refractivity contribution is 0.653. The number of nitrogens with zero attached hydrogens (tertiary/aromatic N) is 1. The Morgan fingerprint density at radius 3 is 1.58 bits per heavy atom. The smallest absolute Gasteiger partial charge is 0.159 e. The number of hydrogen-bond acceptors (Lipinski definition) is 2. The van der Waals surface area contributed by atoms with Crippen LogP contribution in [0.15, 0.2) is 192 Å². The first-order chi connectivity index (χ1) is 26.0. The van der Waals surface area contributed by atoms with Crippen molar-refractivity contribution in [3.05, 3.63) is 199 Å². The van der Waals surface area contributed by atoms with E-state index < -0.39 is 0 Å². The zero-order valence-electron chi connectivity index (χ0n) is 29.8. The Balaban J connectivity index is 1.24. The van der Waals surface area contributed by atoms with Gasteiger partial charge >= 0.3 is 0 Å². The van der Waals surface area contributed by atoms with Gasteiger partial charge in [0.15, 0.2) is 5.58 Å². The molecule has 0 bridgehead atoms. The molecule has 1 heterocycles. The highest BCUT2D eigenvalue weighted by Gasteiger charge is 2.37. The van der Waals surface area contributed by atoms with Gasteiger partial charge in [-0.2, -0.15) is 0 Å². The van der Waals surface area contributed by atoms with Gasteiger partial charge in [0, 0.05) is 33.1 Å². The van der Waals surface area contributed by atoms with E-state index in [1.807, 2.05) is 0 Å². The van der Waals surface area contributed by atoms with Crippen molar-refractivity contribution >= 4 is 39.0 Å². The second kappa shape index (κ2) is 12.3. The first-order valence-electron chi connectivity index (χ1n) is 18.3. The molecule has 252 valence electrons. The summed E-state index contributed by atoms with van der Waals surface area (Å²) in [4.78, 5) is 2.37. The second-order valence-corrected chi connectivity index (χ2v) is 14.5. The van der Waals surface area contributed by atoms with E-state index in [2.05, 4.69) is 207 Å². The SMILES string of the molecule is CC1(C)c2ccccc2-c2c1ccc1c2oc2c(N(c3ccc(-c4ccccc4)cc3)c3cc(-c4ccccc4)cc(-c4ccccc4)c3)cccc21. The number of rotatable bonds is 6. The first-order valence-corrected chi connectivity index (χ1v) is 18.3. The number of benzene rings is 8. The number of fused-ring (bicyclic) bond motifs is 7. The summed E-state index contributed by atoms with van der Waals surface area (Å²) in [6.45, 7) is 4.64. The van der Waals surface area contributed by atoms with Crippen LogP contribution in [0.2, 0.25) is 0 Å². The minimum absolute atomic E-state index is 0.111. The van der Waals surface area contributed by atoms with E-state index in [-0.39, 0.29) is 5.41 Å². The van der Waals surface area contributed by atoms with Crippen molar-refractivity contribution in [2.45, 2.75) is 19.3 Å². The van der Waals surface area contributed by atoms with E-state index in [0.717, 1.165) is 50.1 Å². The Bertz CT molecular complexity index is 2720. The van der Waals surface area contributed by atoms with Crippen LogP contribution >= 0.6 is 0 Å². The van der Waals surface area contributed by atoms with Crippen LogP contribution in [0.1, 0.15) is 25.0 Å². The molecular weight excluding hydrogens is 643 g/mol. The van der Waals surface area contributed by atoms with Gasteiger partial charge in [0.2, 0.25) is 0 Å². The average Bonchev–Trinajstić information content (AvgIpc) is 3.72. The normalized spacial score (nSPS) is 12.9. The molecule has 8 aromatic carbocycles. The molecule has 2 heteroatoms. The monoisotopic (exact) mass is 679 g/mol. The molecular formula is C51H37NO. The summed E-state index contributed by atoms with van der Waals surface area (Å²) >= 11 is 0. The van der Waals surface area contributed by atoms with Crippen LogP contribution in [0.3, 0.4) is 0 Å². The van der Waals surface area contributed by atoms with Gasteiger partial charge in [0.05, 0.1) is 5.69 Å². The fourth-order valence-corrected chi connectivity index (χ4v) is 8.40. The average molecular weight is 680 g/mol. The van der Waals surface area contributed by atoms with Gasteiger partial charge in [-0.1, -0.05) is 166 Å². The van der Waals surface area contributed by atoms with Crippen molar-refractivity contribution in [1.29, 1.82) is 0 Å². The van der Waals surface area contributed by atoms with Gasteiger partial charge in [-0.05, 0) is 86.5 Å². The molecule has 9 aromatic rings. The zero-order valence-corrected chi connectivity index (χ0v) is 29.8. The third-order valence-corrected chi connectivity index (χ3v) is 11.1. The van der Waals surface area contributed by atoms with E-state index in [1.165, 1.54) is 44.5 Å². The van der Waals surface area contributed by atoms with E-state index >= 15 is 0 Å². The van der Waals surface area contributed by atoms with Gasteiger partial charge in [-0.25, -0.2) is 0 Å². The molecule has 1 aliphatic rings. The predicted octanol–water partition coefficient (Wildman–Crippen LogP) is 14.4. The molecule has 2 nitrogen and oxygen atoms in total. The Morgan fingerprint density at radius 2 is 0.943 bits per heavy atom. The molecule has 10 rings (SSSR count). The first kappa shape index (κ1) is 31.1. The standard InChI is InChI=1S/C51H37NO/c1-51(2)45-23-13-12-21-44(45)48-46(51)30-29-43-42-22-14-24-47(49(42)53-50(43)48)52(40-27-25-37(26-28-40)34-15-6-3-7-16-34)41-32-38(35-17-8-4-9-18-35)31-39(33-41)36-19-10-5-11-20-36/h3-33H,1-2H3. The highest BCUT2D eigenvalue weighted by atomic mass is 16.3. The number of para-hydroxylation sites is 1. The maximum atomic E-state index is 7.18. The Labute approximate surface area is 310 Å². The van der Waals surface area contributed by atoms with Gasteiger partial charge in [-0.3, -0.25) is 0 Å². The van der Waals surface area contributed by atoms with E-state index in [9.17, 15) is 0 Å². The van der Waals surface area contributed by atoms with Gasteiger partial charge < -0.3 is 9.32 Å². The molecule has 0 radical (unpaired) electrons. The maximum absolute atomic E-state index is 7.18. The molecule has 1 aliphatic carbocycles. The highest BCUT2D eigenvalue weighted by molar-refractivity contribution is 6.15. The number of furan rings is 1. The largest absolute Gasteiger partial charge is 0.453 e. The molecule has 0 fully saturated rings. The zero-order chi connectivity index (χ0) is 35.5. The summed E-state index contributed by atoms with van der Waals surface area (Å²) in [7, 11) is 0. The molecule has 53 heavy (non-hydrogen) atoms. The molecule has 0 amide bonds. The van der Waals surface area contributed by atoms with Crippen molar-refractivity contribution in [3.63, 3.8) is 0 Å². The summed E-state index contributed by atoms with van der Waals surface area (Å²) < 4.78 is 7.18.